The summed E-state index contributed by atoms with van der Waals surface area (Å²) in [6, 6.07) is 13.0. The van der Waals surface area contributed by atoms with E-state index in [0.29, 0.717) is 17.1 Å². The maximum absolute atomic E-state index is 12.0. The molecule has 20 heavy (non-hydrogen) atoms. The third kappa shape index (κ3) is 3.51. The van der Waals surface area contributed by atoms with E-state index in [1.54, 1.807) is 19.2 Å². The molecule has 0 heterocycles. The van der Waals surface area contributed by atoms with Crippen LogP contribution in [0.25, 0.3) is 0 Å². The van der Waals surface area contributed by atoms with Crippen LogP contribution in [0.1, 0.15) is 11.1 Å². The molecular formula is C16H18N2O2. The van der Waals surface area contributed by atoms with Gasteiger partial charge in [0.2, 0.25) is 5.91 Å². The summed E-state index contributed by atoms with van der Waals surface area (Å²) in [6.45, 7) is 1.97. The Morgan fingerprint density at radius 1 is 1.25 bits per heavy atom. The van der Waals surface area contributed by atoms with Gasteiger partial charge < -0.3 is 15.8 Å². The summed E-state index contributed by atoms with van der Waals surface area (Å²) in [5.41, 5.74) is 8.99. The smallest absolute Gasteiger partial charge is 0.228 e. The van der Waals surface area contributed by atoms with Crippen molar-refractivity contribution in [2.24, 2.45) is 0 Å². The summed E-state index contributed by atoms with van der Waals surface area (Å²) in [6.07, 6.45) is 0.280. The number of benzene rings is 2. The number of anilines is 2. The topological polar surface area (TPSA) is 64.3 Å². The number of methoxy groups -OCH3 is 1. The molecule has 2 aromatic rings. The lowest BCUT2D eigenvalue weighted by molar-refractivity contribution is -0.115. The fourth-order valence-electron chi connectivity index (χ4n) is 1.98. The van der Waals surface area contributed by atoms with Gasteiger partial charge in [-0.3, -0.25) is 4.79 Å². The summed E-state index contributed by atoms with van der Waals surface area (Å²) in [4.78, 5) is 12.0. The molecule has 2 aromatic carbocycles. The van der Waals surface area contributed by atoms with Crippen molar-refractivity contribution in [3.63, 3.8) is 0 Å². The van der Waals surface area contributed by atoms with Gasteiger partial charge in [0.05, 0.1) is 19.2 Å². The van der Waals surface area contributed by atoms with Gasteiger partial charge >= 0.3 is 0 Å². The number of nitrogens with one attached hydrogen (secondary N) is 1. The Morgan fingerprint density at radius 2 is 2.05 bits per heavy atom. The second-order valence-corrected chi connectivity index (χ2v) is 4.67. The van der Waals surface area contributed by atoms with Crippen LogP contribution >= 0.6 is 0 Å². The lowest BCUT2D eigenvalue weighted by Gasteiger charge is -2.11. The number of aryl methyl sites for hydroxylation is 1. The van der Waals surface area contributed by atoms with Gasteiger partial charge in [-0.05, 0) is 42.3 Å². The summed E-state index contributed by atoms with van der Waals surface area (Å²) < 4.78 is 5.26. The van der Waals surface area contributed by atoms with Crippen LogP contribution in [-0.2, 0) is 11.2 Å². The molecule has 3 N–H and O–H groups in total. The monoisotopic (exact) mass is 270 g/mol. The Morgan fingerprint density at radius 3 is 2.75 bits per heavy atom. The number of amides is 1. The minimum Gasteiger partial charge on any atom is -0.495 e. The standard InChI is InChI=1S/C16H18N2O2/c1-11-6-7-14(15(8-11)20-2)18-16(19)10-12-4-3-5-13(17)9-12/h3-9H,10,17H2,1-2H3,(H,18,19). The minimum atomic E-state index is -0.0993. The van der Waals surface area contributed by atoms with Gasteiger partial charge in [-0.15, -0.1) is 0 Å². The number of carbonyl (C=O) groups is 1. The molecule has 0 bridgehead atoms. The van der Waals surface area contributed by atoms with Crippen LogP contribution in [-0.4, -0.2) is 13.0 Å². The Bertz CT molecular complexity index is 624. The highest BCUT2D eigenvalue weighted by atomic mass is 16.5. The predicted molar refractivity (Wildman–Crippen MR) is 80.9 cm³/mol. The van der Waals surface area contributed by atoms with Crippen molar-refractivity contribution in [3.05, 3.63) is 53.6 Å². The zero-order valence-corrected chi connectivity index (χ0v) is 11.6. The van der Waals surface area contributed by atoms with Crippen molar-refractivity contribution >= 4 is 17.3 Å². The quantitative estimate of drug-likeness (QED) is 0.840. The molecule has 0 aliphatic heterocycles. The van der Waals surface area contributed by atoms with Gasteiger partial charge in [0.15, 0.2) is 0 Å². The van der Waals surface area contributed by atoms with E-state index in [1.165, 1.54) is 0 Å². The largest absolute Gasteiger partial charge is 0.495 e. The van der Waals surface area contributed by atoms with E-state index in [9.17, 15) is 4.79 Å². The van der Waals surface area contributed by atoms with E-state index in [2.05, 4.69) is 5.32 Å². The highest BCUT2D eigenvalue weighted by Crippen LogP contribution is 2.25. The number of carbonyl (C=O) groups excluding carboxylic acids is 1. The summed E-state index contributed by atoms with van der Waals surface area (Å²) in [5, 5.41) is 2.85. The average molecular weight is 270 g/mol. The number of ether oxygens (including phenoxy) is 1. The van der Waals surface area contributed by atoms with Crippen LogP contribution in [0, 0.1) is 6.92 Å². The van der Waals surface area contributed by atoms with Gasteiger partial charge in [0.25, 0.3) is 0 Å². The van der Waals surface area contributed by atoms with Crippen molar-refractivity contribution in [1.82, 2.24) is 0 Å². The van der Waals surface area contributed by atoms with E-state index >= 15 is 0 Å². The van der Waals surface area contributed by atoms with Crippen molar-refractivity contribution in [2.75, 3.05) is 18.2 Å². The Hall–Kier alpha value is -2.49. The van der Waals surface area contributed by atoms with E-state index in [4.69, 9.17) is 10.5 Å². The fourth-order valence-corrected chi connectivity index (χ4v) is 1.98. The van der Waals surface area contributed by atoms with E-state index in [0.717, 1.165) is 11.1 Å². The molecule has 0 aliphatic rings. The SMILES string of the molecule is COc1cc(C)ccc1NC(=O)Cc1cccc(N)c1. The molecule has 0 aliphatic carbocycles. The van der Waals surface area contributed by atoms with E-state index in [-0.39, 0.29) is 12.3 Å². The molecule has 0 saturated heterocycles. The summed E-state index contributed by atoms with van der Waals surface area (Å²) in [5.74, 6) is 0.559. The predicted octanol–water partition coefficient (Wildman–Crippen LogP) is 2.77. The van der Waals surface area contributed by atoms with Crippen LogP contribution in [0.15, 0.2) is 42.5 Å². The zero-order valence-electron chi connectivity index (χ0n) is 11.6. The number of nitrogens with two attached hydrogens (primary N) is 1. The molecule has 0 fully saturated rings. The molecule has 2 rings (SSSR count). The third-order valence-corrected chi connectivity index (χ3v) is 2.95. The molecule has 0 spiro atoms. The van der Waals surface area contributed by atoms with Gasteiger partial charge in [0, 0.05) is 5.69 Å². The first-order valence-corrected chi connectivity index (χ1v) is 6.37. The molecule has 1 amide bonds. The highest BCUT2D eigenvalue weighted by molar-refractivity contribution is 5.93. The molecular weight excluding hydrogens is 252 g/mol. The summed E-state index contributed by atoms with van der Waals surface area (Å²) in [7, 11) is 1.59. The van der Waals surface area contributed by atoms with Crippen molar-refractivity contribution in [1.29, 1.82) is 0 Å². The molecule has 0 unspecified atom stereocenters. The molecule has 104 valence electrons. The average Bonchev–Trinajstić information content (AvgIpc) is 2.40. The number of hydrogen-bond acceptors (Lipinski definition) is 3. The van der Waals surface area contributed by atoms with Gasteiger partial charge in [-0.25, -0.2) is 0 Å². The van der Waals surface area contributed by atoms with Crippen LogP contribution in [0.3, 0.4) is 0 Å². The van der Waals surface area contributed by atoms with E-state index < -0.39 is 0 Å². The second-order valence-electron chi connectivity index (χ2n) is 4.67. The Balaban J connectivity index is 2.08. The first-order chi connectivity index (χ1) is 9.58. The Kier molecular flexibility index (Phi) is 4.25. The third-order valence-electron chi connectivity index (χ3n) is 2.95. The molecule has 0 aromatic heterocycles. The lowest BCUT2D eigenvalue weighted by Crippen LogP contribution is -2.15. The van der Waals surface area contributed by atoms with Crippen LogP contribution in [0.2, 0.25) is 0 Å². The molecule has 0 atom stereocenters. The van der Waals surface area contributed by atoms with Crippen molar-refractivity contribution in [3.8, 4) is 5.75 Å². The van der Waals surface area contributed by atoms with Crippen molar-refractivity contribution in [2.45, 2.75) is 13.3 Å². The van der Waals surface area contributed by atoms with Gasteiger partial charge in [0.1, 0.15) is 5.75 Å². The van der Waals surface area contributed by atoms with E-state index in [1.807, 2.05) is 37.3 Å². The second kappa shape index (κ2) is 6.10. The summed E-state index contributed by atoms with van der Waals surface area (Å²) >= 11 is 0. The van der Waals surface area contributed by atoms with Crippen LogP contribution in [0.4, 0.5) is 11.4 Å². The van der Waals surface area contributed by atoms with Crippen LogP contribution < -0.4 is 15.8 Å². The highest BCUT2D eigenvalue weighted by Gasteiger charge is 2.08. The lowest BCUT2D eigenvalue weighted by atomic mass is 10.1. The maximum Gasteiger partial charge on any atom is 0.228 e. The molecule has 4 nitrogen and oxygen atoms in total. The van der Waals surface area contributed by atoms with Gasteiger partial charge in [-0.2, -0.15) is 0 Å². The van der Waals surface area contributed by atoms with Crippen molar-refractivity contribution < 1.29 is 9.53 Å². The molecule has 0 radical (unpaired) electrons. The molecule has 4 heteroatoms. The van der Waals surface area contributed by atoms with Gasteiger partial charge in [-0.1, -0.05) is 18.2 Å². The first-order valence-electron chi connectivity index (χ1n) is 6.37. The number of nitrogen functional groups attached to an aromatic ring is 1. The zero-order chi connectivity index (χ0) is 14.5. The van der Waals surface area contributed by atoms with Crippen LogP contribution in [0.5, 0.6) is 5.75 Å². The minimum absolute atomic E-state index is 0.0993. The number of hydrogen-bond donors (Lipinski definition) is 2. The fraction of sp³-hybridized carbons (Fsp3) is 0.188. The first kappa shape index (κ1) is 13.9. The normalized spacial score (nSPS) is 10.1. The molecule has 0 saturated carbocycles. The number of rotatable bonds is 4. The Labute approximate surface area is 118 Å². The maximum atomic E-state index is 12.0.